The molecule has 18 nitrogen and oxygen atoms in total. The van der Waals surface area contributed by atoms with Crippen LogP contribution in [0.3, 0.4) is 0 Å². The number of carbonyl (C=O) groups is 4. The van der Waals surface area contributed by atoms with E-state index in [2.05, 4.69) is 25.8 Å². The maximum atomic E-state index is 13.0. The van der Waals surface area contributed by atoms with Gasteiger partial charge in [-0.15, -0.1) is 11.3 Å². The van der Waals surface area contributed by atoms with Gasteiger partial charge in [-0.3, -0.25) is 23.7 Å². The molecule has 41 heavy (non-hydrogen) atoms. The van der Waals surface area contributed by atoms with Gasteiger partial charge in [-0.1, -0.05) is 5.16 Å². The number of carboxylic acid groups (broad SMARTS) is 1. The molecule has 3 atom stereocenters. The Balaban J connectivity index is 1.61. The summed E-state index contributed by atoms with van der Waals surface area (Å²) in [5.41, 5.74) is 2.77. The summed E-state index contributed by atoms with van der Waals surface area (Å²) in [4.78, 5) is 82.3. The van der Waals surface area contributed by atoms with Crippen LogP contribution in [0.2, 0.25) is 0 Å². The van der Waals surface area contributed by atoms with Crippen LogP contribution in [0.4, 0.5) is 5.13 Å². The van der Waals surface area contributed by atoms with E-state index < -0.39 is 72.6 Å². The number of carboxylic acids is 1. The first-order valence-corrected chi connectivity index (χ1v) is 13.9. The zero-order valence-electron chi connectivity index (χ0n) is 21.7. The predicted octanol–water partition coefficient (Wildman–Crippen LogP) is -1.15. The van der Waals surface area contributed by atoms with E-state index in [1.54, 1.807) is 0 Å². The quantitative estimate of drug-likeness (QED) is 0.0644. The largest absolute Gasteiger partial charge is 0.503 e. The number of pyridine rings is 1. The van der Waals surface area contributed by atoms with Crippen LogP contribution in [0.5, 0.6) is 5.75 Å². The number of β-lactam (4-membered cyclic amide) rings is 1. The molecular formula is C21H26N7O11PS. The molecule has 3 amide bonds. The van der Waals surface area contributed by atoms with Crippen LogP contribution < -0.4 is 21.8 Å². The van der Waals surface area contributed by atoms with Crippen LogP contribution in [0, 0.1) is 0 Å². The minimum absolute atomic E-state index is 0.0658. The van der Waals surface area contributed by atoms with E-state index in [-0.39, 0.29) is 23.1 Å². The molecule has 2 aromatic heterocycles. The molecule has 0 aliphatic carbocycles. The average molecular weight is 616 g/mol. The standard InChI is InChI=1S/C21H26N7O11PS/c1-9-15(26-17(32)16(11-8-41-20(22)25-11)27-39-21(2,3)19(34)35)18(33)28(9)40(36,37)38-7-14(31)24-5-10-4-12(29)13(30)6-23-10/h4,6,8-9,15,30H,5,7H2,1-3H3,(H2,22,25)(H,23,29)(H,24,31)(H,26,32)(H,34,35)(H,36,37)/b27-16-/t9-,15-/m0/s1. The number of aliphatic carboxylic acids is 1. The van der Waals surface area contributed by atoms with Crippen molar-refractivity contribution in [2.75, 3.05) is 12.3 Å². The number of anilines is 1. The second kappa shape index (κ2) is 12.0. The third-order valence-corrected chi connectivity index (χ3v) is 7.82. The molecule has 3 rings (SSSR count). The Morgan fingerprint density at radius 3 is 2.59 bits per heavy atom. The molecule has 20 heteroatoms. The fourth-order valence-corrected chi connectivity index (χ4v) is 5.14. The normalized spacial score (nSPS) is 18.7. The van der Waals surface area contributed by atoms with Crippen molar-refractivity contribution in [1.82, 2.24) is 25.3 Å². The predicted molar refractivity (Wildman–Crippen MR) is 140 cm³/mol. The molecule has 0 radical (unpaired) electrons. The van der Waals surface area contributed by atoms with E-state index in [1.807, 2.05) is 0 Å². The average Bonchev–Trinajstić information content (AvgIpc) is 3.32. The minimum Gasteiger partial charge on any atom is -0.503 e. The Hall–Kier alpha value is -4.32. The number of nitrogens with zero attached hydrogens (tertiary/aromatic N) is 3. The molecule has 0 saturated carbocycles. The topological polar surface area (TPSA) is 276 Å². The van der Waals surface area contributed by atoms with Gasteiger partial charge in [0.2, 0.25) is 16.9 Å². The van der Waals surface area contributed by atoms with Crippen molar-refractivity contribution in [2.45, 2.75) is 45.0 Å². The monoisotopic (exact) mass is 615 g/mol. The number of amides is 3. The highest BCUT2D eigenvalue weighted by Gasteiger charge is 2.54. The number of hydrogen-bond acceptors (Lipinski definition) is 13. The van der Waals surface area contributed by atoms with E-state index in [4.69, 9.17) is 15.1 Å². The van der Waals surface area contributed by atoms with Gasteiger partial charge in [0.15, 0.2) is 16.6 Å². The molecule has 2 aromatic rings. The molecule has 0 unspecified atom stereocenters. The van der Waals surface area contributed by atoms with Crippen LogP contribution in [0.15, 0.2) is 27.6 Å². The number of thiazole rings is 1. The molecule has 0 spiro atoms. The van der Waals surface area contributed by atoms with E-state index in [9.17, 15) is 43.6 Å². The Labute approximate surface area is 234 Å². The smallest absolute Gasteiger partial charge is 0.435 e. The number of H-pyrrole nitrogens is 1. The van der Waals surface area contributed by atoms with E-state index in [1.165, 1.54) is 26.2 Å². The zero-order chi connectivity index (χ0) is 30.7. The molecule has 1 saturated heterocycles. The maximum absolute atomic E-state index is 13.0. The summed E-state index contributed by atoms with van der Waals surface area (Å²) < 4.78 is 18.0. The van der Waals surface area contributed by atoms with Crippen molar-refractivity contribution in [3.8, 4) is 5.75 Å². The molecule has 3 heterocycles. The van der Waals surface area contributed by atoms with Crippen molar-refractivity contribution >= 4 is 53.6 Å². The number of hydrogen-bond donors (Lipinski definition) is 7. The summed E-state index contributed by atoms with van der Waals surface area (Å²) in [5, 5.41) is 28.1. The van der Waals surface area contributed by atoms with Crippen molar-refractivity contribution < 1.29 is 48.2 Å². The lowest BCUT2D eigenvalue weighted by atomic mass is 10.0. The highest BCUT2D eigenvalue weighted by molar-refractivity contribution is 7.51. The number of aromatic hydroxyl groups is 1. The third kappa shape index (κ3) is 7.26. The third-order valence-electron chi connectivity index (χ3n) is 5.57. The molecule has 1 aliphatic heterocycles. The van der Waals surface area contributed by atoms with Gasteiger partial charge in [0.25, 0.3) is 11.8 Å². The van der Waals surface area contributed by atoms with E-state index in [0.717, 1.165) is 23.6 Å². The summed E-state index contributed by atoms with van der Waals surface area (Å²) in [7, 11) is -4.84. The van der Waals surface area contributed by atoms with Crippen molar-refractivity contribution in [1.29, 1.82) is 0 Å². The number of nitrogens with one attached hydrogen (secondary N) is 3. The molecule has 1 fully saturated rings. The van der Waals surface area contributed by atoms with Crippen LogP contribution in [0.1, 0.15) is 32.2 Å². The second-order valence-electron chi connectivity index (χ2n) is 9.04. The molecule has 222 valence electrons. The van der Waals surface area contributed by atoms with Crippen LogP contribution in [-0.2, 0) is 39.6 Å². The van der Waals surface area contributed by atoms with Gasteiger partial charge >= 0.3 is 13.7 Å². The molecule has 0 bridgehead atoms. The zero-order valence-corrected chi connectivity index (χ0v) is 23.4. The molecule has 8 N–H and O–H groups in total. The first kappa shape index (κ1) is 31.2. The summed E-state index contributed by atoms with van der Waals surface area (Å²) in [6.07, 6.45) is 1.03. The first-order valence-electron chi connectivity index (χ1n) is 11.5. The Morgan fingerprint density at radius 2 is 2.02 bits per heavy atom. The van der Waals surface area contributed by atoms with Crippen LogP contribution in [-0.4, -0.2) is 83.4 Å². The van der Waals surface area contributed by atoms with Gasteiger partial charge in [0, 0.05) is 23.3 Å². The van der Waals surface area contributed by atoms with Gasteiger partial charge in [0.1, 0.15) is 18.3 Å². The fraction of sp³-hybridized carbons (Fsp3) is 0.381. The van der Waals surface area contributed by atoms with Gasteiger partial charge in [-0.05, 0) is 20.8 Å². The fourth-order valence-electron chi connectivity index (χ4n) is 3.21. The number of carbonyl (C=O) groups excluding carboxylic acids is 3. The number of nitrogen functional groups attached to an aromatic ring is 1. The van der Waals surface area contributed by atoms with Crippen molar-refractivity contribution in [3.63, 3.8) is 0 Å². The number of aromatic amines is 1. The first-order chi connectivity index (χ1) is 19.0. The summed E-state index contributed by atoms with van der Waals surface area (Å²) in [6.45, 7) is 2.59. The van der Waals surface area contributed by atoms with Gasteiger partial charge in [-0.2, -0.15) is 0 Å². The SMILES string of the molecule is C[C@H]1[C@H](NC(=O)/C(=N\OC(C)(C)C(=O)O)c2csc(N)n2)C(=O)N1[P@@](=O)(O)OCC(=O)NCc1cc(=O)c(O)c[nH]1. The summed E-state index contributed by atoms with van der Waals surface area (Å²) in [5.74, 6) is -4.77. The highest BCUT2D eigenvalue weighted by Crippen LogP contribution is 2.52. The van der Waals surface area contributed by atoms with E-state index >= 15 is 0 Å². The van der Waals surface area contributed by atoms with E-state index in [0.29, 0.717) is 4.67 Å². The van der Waals surface area contributed by atoms with Crippen LogP contribution in [0.25, 0.3) is 0 Å². The lowest BCUT2D eigenvalue weighted by Gasteiger charge is -2.45. The number of aromatic nitrogens is 2. The lowest BCUT2D eigenvalue weighted by Crippen LogP contribution is -2.68. The molecule has 1 aliphatic rings. The van der Waals surface area contributed by atoms with Gasteiger partial charge in [0.05, 0.1) is 12.6 Å². The Kier molecular flexibility index (Phi) is 9.17. The maximum Gasteiger partial charge on any atom is 0.435 e. The highest BCUT2D eigenvalue weighted by atomic mass is 32.1. The minimum atomic E-state index is -4.84. The van der Waals surface area contributed by atoms with Gasteiger partial charge in [-0.25, -0.2) is 19.0 Å². The van der Waals surface area contributed by atoms with Crippen molar-refractivity contribution in [2.24, 2.45) is 5.16 Å². The molecular weight excluding hydrogens is 589 g/mol. The number of nitrogens with two attached hydrogens (primary N) is 1. The lowest BCUT2D eigenvalue weighted by molar-refractivity contribution is -0.161. The Morgan fingerprint density at radius 1 is 1.34 bits per heavy atom. The number of oxime groups is 1. The summed E-state index contributed by atoms with van der Waals surface area (Å²) in [6, 6.07) is -1.35. The Bertz CT molecular complexity index is 1500. The number of rotatable bonds is 12. The second-order valence-corrected chi connectivity index (χ2v) is 11.6. The summed E-state index contributed by atoms with van der Waals surface area (Å²) >= 11 is 0.958. The molecule has 0 aromatic carbocycles. The van der Waals surface area contributed by atoms with Crippen LogP contribution >= 0.6 is 19.1 Å². The van der Waals surface area contributed by atoms with Crippen molar-refractivity contribution in [3.05, 3.63) is 39.3 Å². The van der Waals surface area contributed by atoms with Gasteiger partial charge < -0.3 is 41.3 Å².